The van der Waals surface area contributed by atoms with Crippen molar-refractivity contribution in [2.24, 2.45) is 0 Å². The summed E-state index contributed by atoms with van der Waals surface area (Å²) in [5, 5.41) is 21.6. The molecule has 7 heteroatoms. The topological polar surface area (TPSA) is 88.5 Å². The predicted molar refractivity (Wildman–Crippen MR) is 64.8 cm³/mol. The number of hydrogen-bond acceptors (Lipinski definition) is 7. The van der Waals surface area contributed by atoms with E-state index in [0.717, 1.165) is 11.3 Å². The highest BCUT2D eigenvalue weighted by Crippen LogP contribution is 2.25. The Kier molecular flexibility index (Phi) is 3.58. The smallest absolute Gasteiger partial charge is 0.223 e. The highest BCUT2D eigenvalue weighted by molar-refractivity contribution is 7.98. The van der Waals surface area contributed by atoms with E-state index in [1.54, 1.807) is 6.92 Å². The number of thioether (sulfide) groups is 1. The van der Waals surface area contributed by atoms with E-state index >= 15 is 0 Å². The van der Waals surface area contributed by atoms with Gasteiger partial charge < -0.3 is 4.52 Å². The van der Waals surface area contributed by atoms with Crippen LogP contribution in [0.1, 0.15) is 28.5 Å². The van der Waals surface area contributed by atoms with Crippen molar-refractivity contribution in [1.82, 2.24) is 20.3 Å². The van der Waals surface area contributed by atoms with Crippen molar-refractivity contribution in [3.8, 4) is 6.07 Å². The lowest BCUT2D eigenvalue weighted by Gasteiger charge is -2.04. The van der Waals surface area contributed by atoms with Crippen LogP contribution in [0.4, 0.5) is 0 Å². The molecule has 0 atom stereocenters. The molecule has 0 saturated heterocycles. The number of nitriles is 1. The Morgan fingerprint density at radius 3 is 2.67 bits per heavy atom. The molecule has 0 amide bonds. The van der Waals surface area contributed by atoms with E-state index in [2.05, 4.69) is 26.4 Å². The Hall–Kier alpha value is -1.94. The number of rotatable bonds is 3. The van der Waals surface area contributed by atoms with Gasteiger partial charge in [-0.3, -0.25) is 0 Å². The first kappa shape index (κ1) is 12.5. The summed E-state index contributed by atoms with van der Waals surface area (Å²) in [5.41, 5.74) is 2.19. The second-order valence-electron chi connectivity index (χ2n) is 3.72. The fraction of sp³-hybridized carbons (Fsp3) is 0.364. The third kappa shape index (κ3) is 2.49. The molecule has 0 aliphatic carbocycles. The van der Waals surface area contributed by atoms with Crippen LogP contribution >= 0.6 is 11.8 Å². The van der Waals surface area contributed by atoms with Gasteiger partial charge in [-0.1, -0.05) is 16.9 Å². The van der Waals surface area contributed by atoms with Crippen molar-refractivity contribution in [2.45, 2.75) is 31.6 Å². The molecule has 0 fully saturated rings. The van der Waals surface area contributed by atoms with E-state index in [4.69, 9.17) is 9.78 Å². The summed E-state index contributed by atoms with van der Waals surface area (Å²) in [4.78, 5) is 4.09. The molecule has 0 unspecified atom stereocenters. The second-order valence-corrected chi connectivity index (χ2v) is 4.68. The van der Waals surface area contributed by atoms with Crippen LogP contribution in [0.25, 0.3) is 0 Å². The average Bonchev–Trinajstić information content (AvgIpc) is 2.77. The molecular weight excluding hydrogens is 250 g/mol. The Bertz CT molecular complexity index is 616. The molecule has 2 aromatic heterocycles. The highest BCUT2D eigenvalue weighted by Gasteiger charge is 2.12. The first-order valence-electron chi connectivity index (χ1n) is 5.27. The van der Waals surface area contributed by atoms with Crippen LogP contribution in [0, 0.1) is 32.1 Å². The lowest BCUT2D eigenvalue weighted by Crippen LogP contribution is -1.99. The lowest BCUT2D eigenvalue weighted by atomic mass is 10.1. The summed E-state index contributed by atoms with van der Waals surface area (Å²) < 4.78 is 4.88. The van der Waals surface area contributed by atoms with Gasteiger partial charge in [-0.2, -0.15) is 15.3 Å². The van der Waals surface area contributed by atoms with Gasteiger partial charge in [-0.25, -0.2) is 0 Å². The van der Waals surface area contributed by atoms with Crippen LogP contribution in [0.5, 0.6) is 0 Å². The number of nitrogens with zero attached hydrogens (tertiary/aromatic N) is 5. The number of hydrogen-bond donors (Lipinski definition) is 0. The third-order valence-electron chi connectivity index (χ3n) is 2.44. The maximum Gasteiger partial charge on any atom is 0.223 e. The van der Waals surface area contributed by atoms with Crippen molar-refractivity contribution in [1.29, 1.82) is 5.26 Å². The largest absolute Gasteiger partial charge is 0.340 e. The molecule has 0 aliphatic heterocycles. The zero-order valence-electron chi connectivity index (χ0n) is 10.3. The molecule has 0 N–H and O–H groups in total. The van der Waals surface area contributed by atoms with Gasteiger partial charge in [0, 0.05) is 6.92 Å². The van der Waals surface area contributed by atoms with Gasteiger partial charge in [0.05, 0.1) is 17.0 Å². The maximum absolute atomic E-state index is 9.14. The van der Waals surface area contributed by atoms with E-state index in [9.17, 15) is 0 Å². The minimum absolute atomic E-state index is 0.503. The predicted octanol–water partition coefficient (Wildman–Crippen LogP) is 1.95. The highest BCUT2D eigenvalue weighted by atomic mass is 32.2. The van der Waals surface area contributed by atoms with Crippen LogP contribution in [-0.4, -0.2) is 20.3 Å². The molecule has 2 rings (SSSR count). The molecule has 0 aliphatic rings. The molecule has 18 heavy (non-hydrogen) atoms. The molecule has 0 saturated carbocycles. The quantitative estimate of drug-likeness (QED) is 0.780. The summed E-state index contributed by atoms with van der Waals surface area (Å²) in [7, 11) is 0. The second kappa shape index (κ2) is 5.14. The van der Waals surface area contributed by atoms with Gasteiger partial charge in [0.2, 0.25) is 5.89 Å². The zero-order valence-corrected chi connectivity index (χ0v) is 11.1. The standard InChI is InChI=1S/C11H11N5OS/c1-6-7(2)14-15-11(9(6)4-12)18-5-10-13-8(3)17-16-10/h5H2,1-3H3. The van der Waals surface area contributed by atoms with E-state index in [1.807, 2.05) is 13.8 Å². The Balaban J connectivity index is 2.20. The molecule has 0 spiro atoms. The van der Waals surface area contributed by atoms with E-state index < -0.39 is 0 Å². The van der Waals surface area contributed by atoms with Crippen molar-refractivity contribution >= 4 is 11.8 Å². The number of aryl methyl sites for hydroxylation is 2. The van der Waals surface area contributed by atoms with Gasteiger partial charge in [-0.05, 0) is 19.4 Å². The van der Waals surface area contributed by atoms with Crippen LogP contribution in [0.2, 0.25) is 0 Å². The van der Waals surface area contributed by atoms with Crippen molar-refractivity contribution < 1.29 is 4.52 Å². The van der Waals surface area contributed by atoms with Crippen LogP contribution in [-0.2, 0) is 5.75 Å². The summed E-state index contributed by atoms with van der Waals surface area (Å²) in [5.74, 6) is 1.61. The summed E-state index contributed by atoms with van der Waals surface area (Å²) >= 11 is 1.38. The fourth-order valence-corrected chi connectivity index (χ4v) is 2.18. The molecule has 0 bridgehead atoms. The summed E-state index contributed by atoms with van der Waals surface area (Å²) in [6, 6.07) is 2.16. The molecule has 0 aromatic carbocycles. The van der Waals surface area contributed by atoms with E-state index in [-0.39, 0.29) is 0 Å². The Morgan fingerprint density at radius 1 is 1.28 bits per heavy atom. The van der Waals surface area contributed by atoms with Gasteiger partial charge in [0.1, 0.15) is 11.1 Å². The van der Waals surface area contributed by atoms with E-state index in [0.29, 0.717) is 28.1 Å². The maximum atomic E-state index is 9.14. The monoisotopic (exact) mass is 261 g/mol. The van der Waals surface area contributed by atoms with Crippen LogP contribution in [0.15, 0.2) is 9.55 Å². The first-order chi connectivity index (χ1) is 8.61. The first-order valence-corrected chi connectivity index (χ1v) is 6.26. The van der Waals surface area contributed by atoms with E-state index in [1.165, 1.54) is 11.8 Å². The molecule has 0 radical (unpaired) electrons. The molecular formula is C11H11N5OS. The average molecular weight is 261 g/mol. The van der Waals surface area contributed by atoms with Crippen LogP contribution in [0.3, 0.4) is 0 Å². The van der Waals surface area contributed by atoms with Crippen molar-refractivity contribution in [3.05, 3.63) is 28.5 Å². The molecule has 92 valence electrons. The Labute approximate surface area is 108 Å². The zero-order chi connectivity index (χ0) is 13.1. The van der Waals surface area contributed by atoms with Gasteiger partial charge in [-0.15, -0.1) is 5.10 Å². The van der Waals surface area contributed by atoms with Gasteiger partial charge >= 0.3 is 0 Å². The number of aromatic nitrogens is 4. The normalized spacial score (nSPS) is 10.3. The van der Waals surface area contributed by atoms with Crippen LogP contribution < -0.4 is 0 Å². The molecule has 2 heterocycles. The molecule has 6 nitrogen and oxygen atoms in total. The minimum Gasteiger partial charge on any atom is -0.340 e. The third-order valence-corrected chi connectivity index (χ3v) is 3.40. The summed E-state index contributed by atoms with van der Waals surface area (Å²) in [6.45, 7) is 5.43. The van der Waals surface area contributed by atoms with Gasteiger partial charge in [0.25, 0.3) is 0 Å². The van der Waals surface area contributed by atoms with Gasteiger partial charge in [0.15, 0.2) is 5.82 Å². The summed E-state index contributed by atoms with van der Waals surface area (Å²) in [6.07, 6.45) is 0. The SMILES string of the molecule is Cc1nc(CSc2nnc(C)c(C)c2C#N)no1. The fourth-order valence-electron chi connectivity index (χ4n) is 1.35. The van der Waals surface area contributed by atoms with Crippen molar-refractivity contribution in [2.75, 3.05) is 0 Å². The minimum atomic E-state index is 0.503. The lowest BCUT2D eigenvalue weighted by molar-refractivity contribution is 0.389. The molecule has 2 aromatic rings. The Morgan fingerprint density at radius 2 is 2.06 bits per heavy atom. The van der Waals surface area contributed by atoms with Crippen molar-refractivity contribution in [3.63, 3.8) is 0 Å².